The highest BCUT2D eigenvalue weighted by molar-refractivity contribution is 4.92. The van der Waals surface area contributed by atoms with E-state index >= 15 is 0 Å². The first-order chi connectivity index (χ1) is 8.78. The topological polar surface area (TPSA) is 32.5 Å². The summed E-state index contributed by atoms with van der Waals surface area (Å²) in [6, 6.07) is 1.13. The van der Waals surface area contributed by atoms with Crippen LogP contribution < -0.4 is 5.73 Å². The van der Waals surface area contributed by atoms with Gasteiger partial charge in [-0.2, -0.15) is 0 Å². The average molecular weight is 267 g/mol. The van der Waals surface area contributed by atoms with Crippen LogP contribution >= 0.6 is 0 Å². The lowest BCUT2D eigenvalue weighted by atomic mass is 9.70. The third kappa shape index (κ3) is 3.71. The standard InChI is InChI=1S/C16H33N3/c1-12-9-19(11-15(12)18(4)5)10-13-8-16(2,3)7-6-14(13)17/h12-15H,6-11,17H2,1-5H3. The molecule has 1 saturated heterocycles. The summed E-state index contributed by atoms with van der Waals surface area (Å²) in [4.78, 5) is 5.04. The van der Waals surface area contributed by atoms with Crippen LogP contribution in [0.3, 0.4) is 0 Å². The molecule has 0 spiro atoms. The van der Waals surface area contributed by atoms with Crippen LogP contribution in [-0.2, 0) is 0 Å². The number of likely N-dealkylation sites (tertiary alicyclic amines) is 1. The van der Waals surface area contributed by atoms with E-state index in [1.165, 1.54) is 38.9 Å². The smallest absolute Gasteiger partial charge is 0.0254 e. The third-order valence-corrected chi connectivity index (χ3v) is 5.38. The van der Waals surface area contributed by atoms with Crippen molar-refractivity contribution in [3.05, 3.63) is 0 Å². The van der Waals surface area contributed by atoms with Crippen LogP contribution in [0.1, 0.15) is 40.0 Å². The zero-order chi connectivity index (χ0) is 14.2. The molecule has 1 aliphatic carbocycles. The molecule has 3 nitrogen and oxygen atoms in total. The van der Waals surface area contributed by atoms with Crippen LogP contribution in [0.15, 0.2) is 0 Å². The van der Waals surface area contributed by atoms with Gasteiger partial charge in [-0.3, -0.25) is 0 Å². The van der Waals surface area contributed by atoms with Gasteiger partial charge in [0.1, 0.15) is 0 Å². The van der Waals surface area contributed by atoms with Crippen molar-refractivity contribution in [1.82, 2.24) is 9.80 Å². The van der Waals surface area contributed by atoms with Gasteiger partial charge in [-0.25, -0.2) is 0 Å². The summed E-state index contributed by atoms with van der Waals surface area (Å²) < 4.78 is 0. The molecule has 1 heterocycles. The maximum Gasteiger partial charge on any atom is 0.0254 e. The lowest BCUT2D eigenvalue weighted by Gasteiger charge is -2.40. The monoisotopic (exact) mass is 267 g/mol. The molecule has 19 heavy (non-hydrogen) atoms. The Morgan fingerprint density at radius 1 is 1.26 bits per heavy atom. The number of nitrogens with zero attached hydrogens (tertiary/aromatic N) is 2. The second kappa shape index (κ2) is 5.71. The minimum Gasteiger partial charge on any atom is -0.327 e. The molecule has 1 saturated carbocycles. The Hall–Kier alpha value is -0.120. The van der Waals surface area contributed by atoms with Crippen molar-refractivity contribution in [2.45, 2.75) is 52.1 Å². The van der Waals surface area contributed by atoms with Crippen LogP contribution in [0.5, 0.6) is 0 Å². The predicted molar refractivity (Wildman–Crippen MR) is 82.2 cm³/mol. The zero-order valence-electron chi connectivity index (χ0n) is 13.5. The highest BCUT2D eigenvalue weighted by Gasteiger charge is 2.37. The van der Waals surface area contributed by atoms with Gasteiger partial charge in [-0.05, 0) is 50.6 Å². The van der Waals surface area contributed by atoms with Crippen LogP contribution in [0.4, 0.5) is 0 Å². The van der Waals surface area contributed by atoms with Gasteiger partial charge in [-0.1, -0.05) is 20.8 Å². The number of hydrogen-bond donors (Lipinski definition) is 1. The quantitative estimate of drug-likeness (QED) is 0.849. The summed E-state index contributed by atoms with van der Waals surface area (Å²) in [5.74, 6) is 1.47. The molecule has 2 aliphatic rings. The van der Waals surface area contributed by atoms with Crippen molar-refractivity contribution in [3.8, 4) is 0 Å². The summed E-state index contributed by atoms with van der Waals surface area (Å²) in [5.41, 5.74) is 6.86. The lowest BCUT2D eigenvalue weighted by molar-refractivity contribution is 0.121. The van der Waals surface area contributed by atoms with Crippen molar-refractivity contribution in [3.63, 3.8) is 0 Å². The predicted octanol–water partition coefficient (Wildman–Crippen LogP) is 2.02. The number of hydrogen-bond acceptors (Lipinski definition) is 3. The molecule has 0 radical (unpaired) electrons. The Balaban J connectivity index is 1.91. The lowest BCUT2D eigenvalue weighted by Crippen LogP contribution is -2.45. The van der Waals surface area contributed by atoms with Crippen molar-refractivity contribution >= 4 is 0 Å². The first kappa shape index (κ1) is 15.3. The molecule has 0 aromatic rings. The van der Waals surface area contributed by atoms with Gasteiger partial charge in [0.15, 0.2) is 0 Å². The fourth-order valence-electron chi connectivity index (χ4n) is 4.16. The third-order valence-electron chi connectivity index (χ3n) is 5.38. The molecule has 0 bridgehead atoms. The van der Waals surface area contributed by atoms with Gasteiger partial charge in [0.25, 0.3) is 0 Å². The maximum atomic E-state index is 6.37. The highest BCUT2D eigenvalue weighted by Crippen LogP contribution is 2.38. The summed E-state index contributed by atoms with van der Waals surface area (Å²) in [6.07, 6.45) is 3.80. The summed E-state index contributed by atoms with van der Waals surface area (Å²) in [7, 11) is 4.42. The van der Waals surface area contributed by atoms with E-state index in [0.29, 0.717) is 23.4 Å². The largest absolute Gasteiger partial charge is 0.327 e. The molecule has 112 valence electrons. The van der Waals surface area contributed by atoms with Crippen molar-refractivity contribution in [2.24, 2.45) is 23.0 Å². The van der Waals surface area contributed by atoms with E-state index in [4.69, 9.17) is 5.73 Å². The van der Waals surface area contributed by atoms with Crippen molar-refractivity contribution < 1.29 is 0 Å². The summed E-state index contributed by atoms with van der Waals surface area (Å²) >= 11 is 0. The van der Waals surface area contributed by atoms with Crippen LogP contribution in [-0.4, -0.2) is 55.6 Å². The second-order valence-electron chi connectivity index (χ2n) is 8.06. The van der Waals surface area contributed by atoms with E-state index < -0.39 is 0 Å². The van der Waals surface area contributed by atoms with Gasteiger partial charge in [-0.15, -0.1) is 0 Å². The normalized spacial score (nSPS) is 39.9. The van der Waals surface area contributed by atoms with Gasteiger partial charge < -0.3 is 15.5 Å². The highest BCUT2D eigenvalue weighted by atomic mass is 15.2. The minimum atomic E-state index is 0.418. The van der Waals surface area contributed by atoms with Gasteiger partial charge in [0, 0.05) is 31.7 Å². The SMILES string of the molecule is CC1CN(CC2CC(C)(C)CCC2N)CC1N(C)C. The number of likely N-dealkylation sites (N-methyl/N-ethyl adjacent to an activating group) is 1. The van der Waals surface area contributed by atoms with Gasteiger partial charge >= 0.3 is 0 Å². The van der Waals surface area contributed by atoms with E-state index in [0.717, 1.165) is 5.92 Å². The van der Waals surface area contributed by atoms with Crippen LogP contribution in [0.2, 0.25) is 0 Å². The minimum absolute atomic E-state index is 0.418. The summed E-state index contributed by atoms with van der Waals surface area (Å²) in [6.45, 7) is 10.9. The Morgan fingerprint density at radius 3 is 2.53 bits per heavy atom. The van der Waals surface area contributed by atoms with E-state index in [1.807, 2.05) is 0 Å². The average Bonchev–Trinajstić information content (AvgIpc) is 2.65. The van der Waals surface area contributed by atoms with Crippen molar-refractivity contribution in [2.75, 3.05) is 33.7 Å². The molecule has 2 rings (SSSR count). The maximum absolute atomic E-state index is 6.37. The van der Waals surface area contributed by atoms with E-state index in [9.17, 15) is 0 Å². The number of rotatable bonds is 3. The molecule has 3 heteroatoms. The Bertz CT molecular complexity index is 300. The molecule has 0 aromatic carbocycles. The summed E-state index contributed by atoms with van der Waals surface area (Å²) in [5, 5.41) is 0. The Labute approximate surface area is 119 Å². The van der Waals surface area contributed by atoms with Crippen LogP contribution in [0, 0.1) is 17.3 Å². The molecular formula is C16H33N3. The molecule has 0 aromatic heterocycles. The molecule has 1 aliphatic heterocycles. The first-order valence-corrected chi connectivity index (χ1v) is 7.93. The van der Waals surface area contributed by atoms with Crippen molar-refractivity contribution in [1.29, 1.82) is 0 Å². The molecule has 2 fully saturated rings. The Morgan fingerprint density at radius 2 is 1.95 bits per heavy atom. The Kier molecular flexibility index (Phi) is 4.59. The second-order valence-corrected chi connectivity index (χ2v) is 8.06. The molecule has 0 amide bonds. The molecule has 4 atom stereocenters. The van der Waals surface area contributed by atoms with E-state index in [1.54, 1.807) is 0 Å². The molecule has 2 N–H and O–H groups in total. The fourth-order valence-corrected chi connectivity index (χ4v) is 4.16. The van der Waals surface area contributed by atoms with Gasteiger partial charge in [0.05, 0.1) is 0 Å². The fraction of sp³-hybridized carbons (Fsp3) is 1.00. The molecular weight excluding hydrogens is 234 g/mol. The van der Waals surface area contributed by atoms with E-state index in [2.05, 4.69) is 44.7 Å². The zero-order valence-corrected chi connectivity index (χ0v) is 13.5. The molecule has 4 unspecified atom stereocenters. The van der Waals surface area contributed by atoms with E-state index in [-0.39, 0.29) is 0 Å². The van der Waals surface area contributed by atoms with Crippen LogP contribution in [0.25, 0.3) is 0 Å². The van der Waals surface area contributed by atoms with Gasteiger partial charge in [0.2, 0.25) is 0 Å². The number of nitrogens with two attached hydrogens (primary N) is 1. The first-order valence-electron chi connectivity index (χ1n) is 7.93.